The molecule has 3 aliphatic rings. The average Bonchev–Trinajstić information content (AvgIpc) is 3.43. The summed E-state index contributed by atoms with van der Waals surface area (Å²) in [5.74, 6) is 1.55. The number of hydrogen-bond donors (Lipinski definition) is 0. The van der Waals surface area contributed by atoms with Gasteiger partial charge in [-0.15, -0.1) is 0 Å². The van der Waals surface area contributed by atoms with Gasteiger partial charge >= 0.3 is 0 Å². The fourth-order valence-electron chi connectivity index (χ4n) is 7.16. The molecule has 0 amide bonds. The lowest BCUT2D eigenvalue weighted by molar-refractivity contribution is -0.116. The summed E-state index contributed by atoms with van der Waals surface area (Å²) in [6.45, 7) is 28.6. The van der Waals surface area contributed by atoms with Crippen molar-refractivity contribution in [1.29, 1.82) is 0 Å². The number of hydrogen-bond acceptors (Lipinski definition) is 6. The largest absolute Gasteiger partial charge is 0.350 e. The van der Waals surface area contributed by atoms with Crippen molar-refractivity contribution in [2.45, 2.75) is 165 Å². The highest BCUT2D eigenvalue weighted by molar-refractivity contribution is 4.93. The van der Waals surface area contributed by atoms with Crippen LogP contribution in [0.4, 0.5) is 0 Å². The Morgan fingerprint density at radius 2 is 0.795 bits per heavy atom. The van der Waals surface area contributed by atoms with Gasteiger partial charge in [0.25, 0.3) is 0 Å². The molecular weight excluding hydrogens is 492 g/mol. The van der Waals surface area contributed by atoms with Gasteiger partial charge in [-0.1, -0.05) is 83.1 Å². The summed E-state index contributed by atoms with van der Waals surface area (Å²) in [7, 11) is 0. The zero-order chi connectivity index (χ0) is 29.2. The van der Waals surface area contributed by atoms with Crippen LogP contribution in [-0.2, 0) is 28.4 Å². The fraction of sp³-hybridized carbons (Fsp3) is 1.00. The maximum absolute atomic E-state index is 6.61. The molecule has 0 aromatic heterocycles. The highest BCUT2D eigenvalue weighted by atomic mass is 16.8. The fourth-order valence-corrected chi connectivity index (χ4v) is 7.16. The smallest absolute Gasteiger partial charge is 0.159 e. The Morgan fingerprint density at radius 3 is 1.10 bits per heavy atom. The molecule has 0 aromatic rings. The Kier molecular flexibility index (Phi) is 11.4. The summed E-state index contributed by atoms with van der Waals surface area (Å²) in [5, 5.41) is 0. The second-order valence-corrected chi connectivity index (χ2v) is 16.8. The second kappa shape index (κ2) is 13.4. The summed E-state index contributed by atoms with van der Waals surface area (Å²) in [6.07, 6.45) is 4.65. The molecule has 39 heavy (non-hydrogen) atoms. The van der Waals surface area contributed by atoms with Gasteiger partial charge in [0.05, 0.1) is 13.2 Å². The molecule has 6 unspecified atom stereocenters. The van der Waals surface area contributed by atoms with Crippen molar-refractivity contribution in [3.8, 4) is 0 Å². The molecule has 10 atom stereocenters. The van der Waals surface area contributed by atoms with Gasteiger partial charge in [0.2, 0.25) is 0 Å². The molecule has 0 saturated carbocycles. The molecule has 0 aliphatic carbocycles. The summed E-state index contributed by atoms with van der Waals surface area (Å²) >= 11 is 0. The molecule has 0 aromatic carbocycles. The Hall–Kier alpha value is -0.240. The third-order valence-corrected chi connectivity index (χ3v) is 7.89. The zero-order valence-corrected chi connectivity index (χ0v) is 27.4. The van der Waals surface area contributed by atoms with Crippen LogP contribution in [0.15, 0.2) is 0 Å². The third-order valence-electron chi connectivity index (χ3n) is 7.89. The number of ether oxygens (including phenoxy) is 6. The van der Waals surface area contributed by atoms with Crippen LogP contribution in [-0.4, -0.2) is 56.5 Å². The Labute approximate surface area is 240 Å². The monoisotopic (exact) mass is 554 g/mol. The van der Waals surface area contributed by atoms with E-state index in [1.54, 1.807) is 0 Å². The lowest BCUT2D eigenvalue weighted by atomic mass is 9.84. The summed E-state index contributed by atoms with van der Waals surface area (Å²) < 4.78 is 38.5. The van der Waals surface area contributed by atoms with E-state index in [0.29, 0.717) is 41.8 Å². The van der Waals surface area contributed by atoms with E-state index in [2.05, 4.69) is 83.1 Å². The molecule has 6 nitrogen and oxygen atoms in total. The van der Waals surface area contributed by atoms with Crippen molar-refractivity contribution in [2.24, 2.45) is 34.0 Å². The average molecular weight is 555 g/mol. The van der Waals surface area contributed by atoms with E-state index in [-0.39, 0.29) is 48.7 Å². The summed E-state index contributed by atoms with van der Waals surface area (Å²) in [4.78, 5) is 0. The molecule has 230 valence electrons. The quantitative estimate of drug-likeness (QED) is 0.258. The molecule has 3 aliphatic heterocycles. The van der Waals surface area contributed by atoms with Gasteiger partial charge in [-0.25, -0.2) is 0 Å². The van der Waals surface area contributed by atoms with Gasteiger partial charge in [-0.3, -0.25) is 0 Å². The maximum Gasteiger partial charge on any atom is 0.159 e. The molecule has 0 radical (unpaired) electrons. The van der Waals surface area contributed by atoms with Crippen LogP contribution in [0.2, 0.25) is 0 Å². The lowest BCUT2D eigenvalue weighted by Crippen LogP contribution is -2.44. The van der Waals surface area contributed by atoms with Gasteiger partial charge < -0.3 is 28.4 Å². The first kappa shape index (κ1) is 33.3. The van der Waals surface area contributed by atoms with Crippen molar-refractivity contribution in [2.75, 3.05) is 13.2 Å². The maximum atomic E-state index is 6.61. The predicted molar refractivity (Wildman–Crippen MR) is 156 cm³/mol. The van der Waals surface area contributed by atoms with Crippen molar-refractivity contribution in [3.63, 3.8) is 0 Å². The van der Waals surface area contributed by atoms with E-state index in [9.17, 15) is 0 Å². The Bertz CT molecular complexity index is 684. The van der Waals surface area contributed by atoms with E-state index in [4.69, 9.17) is 28.4 Å². The van der Waals surface area contributed by atoms with E-state index in [0.717, 1.165) is 38.5 Å². The zero-order valence-electron chi connectivity index (χ0n) is 27.4. The van der Waals surface area contributed by atoms with E-state index in [1.807, 2.05) is 0 Å². The van der Waals surface area contributed by atoms with Crippen LogP contribution in [0, 0.1) is 34.0 Å². The van der Waals surface area contributed by atoms with Gasteiger partial charge in [0.1, 0.15) is 24.4 Å². The normalized spacial score (nSPS) is 34.9. The molecule has 6 heteroatoms. The van der Waals surface area contributed by atoms with Crippen molar-refractivity contribution in [1.82, 2.24) is 0 Å². The molecule has 0 spiro atoms. The van der Waals surface area contributed by atoms with Crippen LogP contribution in [0.5, 0.6) is 0 Å². The first-order chi connectivity index (χ1) is 17.9. The topological polar surface area (TPSA) is 55.4 Å². The van der Waals surface area contributed by atoms with Gasteiger partial charge in [0, 0.05) is 19.3 Å². The highest BCUT2D eigenvalue weighted by Crippen LogP contribution is 2.38. The lowest BCUT2D eigenvalue weighted by Gasteiger charge is -2.27. The van der Waals surface area contributed by atoms with Gasteiger partial charge in [-0.2, -0.15) is 0 Å². The minimum atomic E-state index is -0.262. The number of rotatable bonds is 11. The molecule has 3 rings (SSSR count). The second-order valence-electron chi connectivity index (χ2n) is 16.8. The molecule has 3 heterocycles. The standard InChI is InChI=1S/C33H62O6/c1-21(16-31(4,5)6)13-26-34-19-24(36-26)29-30(39-28(38-29)15-23(3)18-33(10,11)12)25-20-35-27(37-25)14-22(2)17-32(7,8)9/h21-30H,13-20H2,1-12H3/t21?,22?,23?,24-,25+,26?,27?,28?,29-,30-/m1/s1. The third kappa shape index (κ3) is 11.5. The van der Waals surface area contributed by atoms with Crippen LogP contribution in [0.3, 0.4) is 0 Å². The van der Waals surface area contributed by atoms with E-state index < -0.39 is 0 Å². The minimum absolute atomic E-state index is 0.160. The van der Waals surface area contributed by atoms with E-state index >= 15 is 0 Å². The Morgan fingerprint density at radius 1 is 0.487 bits per heavy atom. The van der Waals surface area contributed by atoms with Gasteiger partial charge in [-0.05, 0) is 53.3 Å². The van der Waals surface area contributed by atoms with Crippen LogP contribution < -0.4 is 0 Å². The van der Waals surface area contributed by atoms with Crippen LogP contribution in [0.1, 0.15) is 122 Å². The van der Waals surface area contributed by atoms with Crippen molar-refractivity contribution < 1.29 is 28.4 Å². The van der Waals surface area contributed by atoms with E-state index in [1.165, 1.54) is 0 Å². The highest BCUT2D eigenvalue weighted by Gasteiger charge is 2.51. The minimum Gasteiger partial charge on any atom is -0.350 e. The molecule has 3 fully saturated rings. The predicted octanol–water partition coefficient (Wildman–Crippen LogP) is 7.97. The van der Waals surface area contributed by atoms with Gasteiger partial charge in [0.15, 0.2) is 18.9 Å². The molecule has 3 saturated heterocycles. The first-order valence-electron chi connectivity index (χ1n) is 15.7. The molecule has 0 N–H and O–H groups in total. The SMILES string of the molecule is CC(CC1O[C@H]([C@@H]2COC(CC(C)CC(C)(C)C)O2)[C@@H]([C@H]2COC(CC(C)CC(C)(C)C)O2)O1)CC(C)(C)C. The summed E-state index contributed by atoms with van der Waals surface area (Å²) in [5.41, 5.74) is 0.862. The summed E-state index contributed by atoms with van der Waals surface area (Å²) in [6, 6.07) is 0. The molecule has 0 bridgehead atoms. The Balaban J connectivity index is 1.62. The van der Waals surface area contributed by atoms with Crippen LogP contribution in [0.25, 0.3) is 0 Å². The van der Waals surface area contributed by atoms with Crippen molar-refractivity contribution in [3.05, 3.63) is 0 Å². The van der Waals surface area contributed by atoms with Crippen molar-refractivity contribution >= 4 is 0 Å². The molecular formula is C33H62O6. The first-order valence-corrected chi connectivity index (χ1v) is 15.7. The van der Waals surface area contributed by atoms with Crippen LogP contribution >= 0.6 is 0 Å².